The third-order valence-corrected chi connectivity index (χ3v) is 8.56. The van der Waals surface area contributed by atoms with Crippen LogP contribution in [0, 0.1) is 11.7 Å². The molecule has 0 aliphatic carbocycles. The molecule has 0 amide bonds. The Labute approximate surface area is 179 Å². The maximum atomic E-state index is 14.6. The summed E-state index contributed by atoms with van der Waals surface area (Å²) in [4.78, 5) is 12.5. The summed E-state index contributed by atoms with van der Waals surface area (Å²) in [7, 11) is 0. The Balaban J connectivity index is 1.98. The average Bonchev–Trinajstić information content (AvgIpc) is 3.11. The minimum absolute atomic E-state index is 0.0735. The van der Waals surface area contributed by atoms with E-state index < -0.39 is 11.8 Å². The van der Waals surface area contributed by atoms with Crippen molar-refractivity contribution in [3.63, 3.8) is 0 Å². The van der Waals surface area contributed by atoms with Crippen molar-refractivity contribution >= 4 is 70.6 Å². The Morgan fingerprint density at radius 3 is 2.38 bits per heavy atom. The molecular formula is C19H25Br2FO2S2. The number of unbranched alkanes of at least 4 members (excludes halogenated alkanes) is 4. The Hall–Kier alpha value is 0.0200. The first kappa shape index (κ1) is 22.3. The summed E-state index contributed by atoms with van der Waals surface area (Å²) in [5.74, 6) is -0.641. The van der Waals surface area contributed by atoms with Gasteiger partial charge in [-0.25, -0.2) is 9.18 Å². The van der Waals surface area contributed by atoms with Gasteiger partial charge in [0, 0.05) is 0 Å². The van der Waals surface area contributed by atoms with Gasteiger partial charge in [0.05, 0.1) is 24.3 Å². The second-order valence-electron chi connectivity index (χ2n) is 6.55. The summed E-state index contributed by atoms with van der Waals surface area (Å²) < 4.78 is 22.4. The highest BCUT2D eigenvalue weighted by Crippen LogP contribution is 2.45. The highest BCUT2D eigenvalue weighted by atomic mass is 79.9. The highest BCUT2D eigenvalue weighted by molar-refractivity contribution is 9.12. The molecule has 26 heavy (non-hydrogen) atoms. The molecule has 2 aromatic heterocycles. The molecule has 2 heterocycles. The number of hydrogen-bond donors (Lipinski definition) is 0. The van der Waals surface area contributed by atoms with Crippen molar-refractivity contribution in [2.45, 2.75) is 65.2 Å². The lowest BCUT2D eigenvalue weighted by Crippen LogP contribution is -2.14. The molecular weight excluding hydrogens is 503 g/mol. The lowest BCUT2D eigenvalue weighted by Gasteiger charge is -2.16. The van der Waals surface area contributed by atoms with Crippen LogP contribution in [0.2, 0.25) is 0 Å². The van der Waals surface area contributed by atoms with Crippen molar-refractivity contribution in [3.8, 4) is 0 Å². The molecule has 2 aromatic rings. The molecule has 0 aliphatic heterocycles. The summed E-state index contributed by atoms with van der Waals surface area (Å²) in [6.07, 6.45) is 9.28. The van der Waals surface area contributed by atoms with Gasteiger partial charge in [0.25, 0.3) is 0 Å². The van der Waals surface area contributed by atoms with E-state index in [1.807, 2.05) is 0 Å². The van der Waals surface area contributed by atoms with Gasteiger partial charge in [-0.2, -0.15) is 0 Å². The van der Waals surface area contributed by atoms with Crippen LogP contribution in [0.5, 0.6) is 0 Å². The predicted molar refractivity (Wildman–Crippen MR) is 117 cm³/mol. The maximum Gasteiger partial charge on any atom is 0.351 e. The fourth-order valence-electron chi connectivity index (χ4n) is 2.96. The number of fused-ring (bicyclic) bond motifs is 1. The molecule has 2 nitrogen and oxygen atoms in total. The maximum absolute atomic E-state index is 14.6. The van der Waals surface area contributed by atoms with Crippen molar-refractivity contribution in [1.29, 1.82) is 0 Å². The van der Waals surface area contributed by atoms with E-state index in [-0.39, 0.29) is 4.88 Å². The standard InChI is InChI=1S/C19H25Br2FO2S2/c1-3-5-7-8-10-12(9-6-4-2)11-24-19(23)16-14(22)13-15(25-16)18(21)26-17(13)20/h12H,3-11H2,1-2H3. The Kier molecular flexibility index (Phi) is 9.55. The predicted octanol–water partition coefficient (Wildman–Crippen LogP) is 8.56. The van der Waals surface area contributed by atoms with E-state index in [4.69, 9.17) is 4.74 Å². The van der Waals surface area contributed by atoms with Crippen molar-refractivity contribution < 1.29 is 13.9 Å². The molecule has 0 saturated carbocycles. The van der Waals surface area contributed by atoms with Crippen LogP contribution >= 0.6 is 54.5 Å². The lowest BCUT2D eigenvalue weighted by atomic mass is 9.96. The first-order valence-corrected chi connectivity index (χ1v) is 12.4. The highest BCUT2D eigenvalue weighted by Gasteiger charge is 2.25. The molecule has 146 valence electrons. The first-order valence-electron chi connectivity index (χ1n) is 9.22. The normalized spacial score (nSPS) is 12.7. The second kappa shape index (κ2) is 11.1. The zero-order valence-electron chi connectivity index (χ0n) is 15.2. The smallest absolute Gasteiger partial charge is 0.351 e. The van der Waals surface area contributed by atoms with Crippen LogP contribution in [-0.2, 0) is 4.74 Å². The van der Waals surface area contributed by atoms with E-state index in [9.17, 15) is 9.18 Å². The summed E-state index contributed by atoms with van der Waals surface area (Å²) in [6.45, 7) is 4.76. The van der Waals surface area contributed by atoms with Crippen LogP contribution in [0.15, 0.2) is 7.57 Å². The van der Waals surface area contributed by atoms with Crippen LogP contribution < -0.4 is 0 Å². The van der Waals surface area contributed by atoms with Crippen molar-refractivity contribution in [2.75, 3.05) is 6.61 Å². The van der Waals surface area contributed by atoms with E-state index in [1.165, 1.54) is 37.0 Å². The monoisotopic (exact) mass is 526 g/mol. The molecule has 0 N–H and O–H groups in total. The van der Waals surface area contributed by atoms with Crippen molar-refractivity contribution in [1.82, 2.24) is 0 Å². The molecule has 0 fully saturated rings. The Morgan fingerprint density at radius 1 is 1.04 bits per heavy atom. The van der Waals surface area contributed by atoms with Gasteiger partial charge in [0.15, 0.2) is 5.82 Å². The van der Waals surface area contributed by atoms with Gasteiger partial charge in [0.2, 0.25) is 0 Å². The number of carbonyl (C=O) groups is 1. The van der Waals surface area contributed by atoms with Crippen LogP contribution in [0.1, 0.15) is 74.9 Å². The number of thiophene rings is 2. The number of halogens is 3. The van der Waals surface area contributed by atoms with E-state index in [2.05, 4.69) is 45.7 Å². The van der Waals surface area contributed by atoms with Crippen molar-refractivity contribution in [3.05, 3.63) is 18.3 Å². The van der Waals surface area contributed by atoms with Crippen LogP contribution in [-0.4, -0.2) is 12.6 Å². The third-order valence-electron chi connectivity index (χ3n) is 4.47. The van der Waals surface area contributed by atoms with Gasteiger partial charge in [-0.3, -0.25) is 0 Å². The van der Waals surface area contributed by atoms with Gasteiger partial charge in [-0.1, -0.05) is 52.4 Å². The van der Waals surface area contributed by atoms with E-state index in [0.717, 1.165) is 45.5 Å². The van der Waals surface area contributed by atoms with Gasteiger partial charge in [-0.05, 0) is 50.6 Å². The molecule has 0 spiro atoms. The number of esters is 1. The Morgan fingerprint density at radius 2 is 1.73 bits per heavy atom. The van der Waals surface area contributed by atoms with Crippen LogP contribution in [0.3, 0.4) is 0 Å². The molecule has 0 aromatic carbocycles. The average molecular weight is 528 g/mol. The molecule has 7 heteroatoms. The second-order valence-corrected chi connectivity index (χ2v) is 11.2. The molecule has 0 radical (unpaired) electrons. The molecule has 1 atom stereocenters. The number of ether oxygens (including phenoxy) is 1. The fraction of sp³-hybridized carbons (Fsp3) is 0.632. The van der Waals surface area contributed by atoms with Crippen molar-refractivity contribution in [2.24, 2.45) is 5.92 Å². The topological polar surface area (TPSA) is 26.3 Å². The number of rotatable bonds is 11. The quantitative estimate of drug-likeness (QED) is 0.216. The van der Waals surface area contributed by atoms with E-state index >= 15 is 0 Å². The van der Waals surface area contributed by atoms with Crippen LogP contribution in [0.4, 0.5) is 4.39 Å². The summed E-state index contributed by atoms with van der Waals surface area (Å²) >= 11 is 9.37. The zero-order chi connectivity index (χ0) is 19.1. The number of hydrogen-bond acceptors (Lipinski definition) is 4. The minimum Gasteiger partial charge on any atom is -0.461 e. The van der Waals surface area contributed by atoms with Crippen LogP contribution in [0.25, 0.3) is 10.1 Å². The minimum atomic E-state index is -0.539. The number of carbonyl (C=O) groups excluding carboxylic acids is 1. The first-order chi connectivity index (χ1) is 12.5. The fourth-order valence-corrected chi connectivity index (χ4v) is 7.39. The zero-order valence-corrected chi connectivity index (χ0v) is 20.0. The Bertz CT molecular complexity index is 727. The lowest BCUT2D eigenvalue weighted by molar-refractivity contribution is 0.0424. The van der Waals surface area contributed by atoms with E-state index in [1.54, 1.807) is 0 Å². The summed E-state index contributed by atoms with van der Waals surface area (Å²) in [5.41, 5.74) is 0. The molecule has 0 bridgehead atoms. The third kappa shape index (κ3) is 5.76. The summed E-state index contributed by atoms with van der Waals surface area (Å²) in [6, 6.07) is 0. The van der Waals surface area contributed by atoms with Gasteiger partial charge >= 0.3 is 5.97 Å². The molecule has 1 unspecified atom stereocenters. The van der Waals surface area contributed by atoms with Gasteiger partial charge < -0.3 is 4.74 Å². The SMILES string of the molecule is CCCCCCC(CCCC)COC(=O)c1sc2c(Br)sc(Br)c2c1F. The molecule has 0 aliphatic rings. The summed E-state index contributed by atoms with van der Waals surface area (Å²) in [5, 5.41) is 0.473. The molecule has 2 rings (SSSR count). The van der Waals surface area contributed by atoms with Gasteiger partial charge in [-0.15, -0.1) is 22.7 Å². The molecule has 0 saturated heterocycles. The van der Waals surface area contributed by atoms with Gasteiger partial charge in [0.1, 0.15) is 4.88 Å². The van der Waals surface area contributed by atoms with E-state index in [0.29, 0.717) is 21.7 Å². The largest absolute Gasteiger partial charge is 0.461 e.